The molecule has 0 radical (unpaired) electrons. The average molecular weight is 539 g/mol. The van der Waals surface area contributed by atoms with Crippen molar-refractivity contribution in [2.24, 2.45) is 0 Å². The summed E-state index contributed by atoms with van der Waals surface area (Å²) in [6, 6.07) is 23.9. The second-order valence-electron chi connectivity index (χ2n) is 11.2. The number of imidazole rings is 1. The Morgan fingerprint density at radius 1 is 0.829 bits per heavy atom. The van der Waals surface area contributed by atoms with Gasteiger partial charge < -0.3 is 9.40 Å². The van der Waals surface area contributed by atoms with Crippen LogP contribution in [0.15, 0.2) is 101 Å². The molecule has 202 valence electrons. The summed E-state index contributed by atoms with van der Waals surface area (Å²) in [5.74, 6) is 1.48. The molecule has 41 heavy (non-hydrogen) atoms. The molecule has 0 saturated carbocycles. The topological polar surface area (TPSA) is 76.7 Å². The summed E-state index contributed by atoms with van der Waals surface area (Å²) < 4.78 is 8.21. The van der Waals surface area contributed by atoms with E-state index in [0.29, 0.717) is 33.9 Å². The Labute approximate surface area is 237 Å². The van der Waals surface area contributed by atoms with Gasteiger partial charge in [-0.3, -0.25) is 14.3 Å². The van der Waals surface area contributed by atoms with Crippen molar-refractivity contribution in [3.8, 4) is 28.5 Å². The third kappa shape index (κ3) is 4.06. The zero-order valence-electron chi connectivity index (χ0n) is 23.5. The Balaban J connectivity index is 1.55. The van der Waals surface area contributed by atoms with Crippen molar-refractivity contribution in [3.05, 3.63) is 113 Å². The molecule has 3 aromatic carbocycles. The summed E-state index contributed by atoms with van der Waals surface area (Å²) in [7, 11) is 0. The molecule has 7 aromatic rings. The van der Waals surface area contributed by atoms with Crippen LogP contribution in [0.5, 0.6) is 0 Å². The summed E-state index contributed by atoms with van der Waals surface area (Å²) in [6.07, 6.45) is 5.83. The van der Waals surface area contributed by atoms with Crippen molar-refractivity contribution < 1.29 is 4.42 Å². The van der Waals surface area contributed by atoms with Crippen LogP contribution < -0.4 is 5.43 Å². The highest BCUT2D eigenvalue weighted by Gasteiger charge is 2.22. The molecular weight excluding hydrogens is 508 g/mol. The van der Waals surface area contributed by atoms with Crippen LogP contribution in [0.4, 0.5) is 0 Å². The minimum atomic E-state index is -0.0716. The lowest BCUT2D eigenvalue weighted by atomic mass is 9.92. The number of rotatable bonds is 5. The minimum absolute atomic E-state index is 0.0716. The van der Waals surface area contributed by atoms with E-state index in [9.17, 15) is 4.79 Å². The van der Waals surface area contributed by atoms with Crippen LogP contribution in [0.2, 0.25) is 0 Å². The van der Waals surface area contributed by atoms with Crippen LogP contribution in [0.3, 0.4) is 0 Å². The van der Waals surface area contributed by atoms with Gasteiger partial charge in [0.1, 0.15) is 17.1 Å². The van der Waals surface area contributed by atoms with Gasteiger partial charge in [0.25, 0.3) is 0 Å². The largest absolute Gasteiger partial charge is 0.454 e. The van der Waals surface area contributed by atoms with E-state index in [2.05, 4.69) is 84.8 Å². The molecule has 7 rings (SSSR count). The lowest BCUT2D eigenvalue weighted by Crippen LogP contribution is -2.08. The molecular formula is C35H30N4O2. The molecule has 6 nitrogen and oxygen atoms in total. The predicted molar refractivity (Wildman–Crippen MR) is 166 cm³/mol. The monoisotopic (exact) mass is 538 g/mol. The lowest BCUT2D eigenvalue weighted by Gasteiger charge is -2.22. The van der Waals surface area contributed by atoms with Crippen molar-refractivity contribution in [2.75, 3.05) is 0 Å². The van der Waals surface area contributed by atoms with E-state index in [4.69, 9.17) is 9.40 Å². The van der Waals surface area contributed by atoms with Crippen LogP contribution in [0.1, 0.15) is 50.7 Å². The fourth-order valence-corrected chi connectivity index (χ4v) is 5.84. The summed E-state index contributed by atoms with van der Waals surface area (Å²) >= 11 is 0. The number of fused-ring (bicyclic) bond motifs is 4. The van der Waals surface area contributed by atoms with Gasteiger partial charge in [0.05, 0.1) is 22.3 Å². The number of hydrogen-bond donors (Lipinski definition) is 1. The quantitative estimate of drug-likeness (QED) is 0.238. The highest BCUT2D eigenvalue weighted by Crippen LogP contribution is 2.38. The van der Waals surface area contributed by atoms with E-state index in [1.807, 2.05) is 36.7 Å². The van der Waals surface area contributed by atoms with E-state index >= 15 is 0 Å². The van der Waals surface area contributed by atoms with Crippen LogP contribution in [0.25, 0.3) is 61.3 Å². The number of nitrogens with one attached hydrogen (secondary N) is 1. The minimum Gasteiger partial charge on any atom is -0.454 e. The van der Waals surface area contributed by atoms with Gasteiger partial charge >= 0.3 is 0 Å². The number of pyridine rings is 2. The van der Waals surface area contributed by atoms with Crippen molar-refractivity contribution in [3.63, 3.8) is 0 Å². The predicted octanol–water partition coefficient (Wildman–Crippen LogP) is 8.59. The SMILES string of the molecule is CC(C)c1cccc(C(C)C)c1-n1cc(-c2ccc3oc4cccc(=O)c4c3[nH]2)nc1-c1cccc2cnccc12. The number of aromatic nitrogens is 4. The molecule has 0 amide bonds. The molecule has 0 unspecified atom stereocenters. The normalized spacial score (nSPS) is 12.0. The Kier molecular flexibility index (Phi) is 5.86. The van der Waals surface area contributed by atoms with Gasteiger partial charge in [-0.05, 0) is 58.7 Å². The molecule has 0 atom stereocenters. The zero-order chi connectivity index (χ0) is 28.2. The molecule has 0 aliphatic rings. The molecule has 6 heteroatoms. The molecule has 0 aliphatic carbocycles. The summed E-state index contributed by atoms with van der Waals surface area (Å²) in [4.78, 5) is 25.9. The first-order chi connectivity index (χ1) is 19.9. The smallest absolute Gasteiger partial charge is 0.191 e. The van der Waals surface area contributed by atoms with Crippen LogP contribution in [0, 0.1) is 0 Å². The van der Waals surface area contributed by atoms with Crippen LogP contribution in [-0.4, -0.2) is 19.5 Å². The molecule has 4 heterocycles. The van der Waals surface area contributed by atoms with E-state index in [-0.39, 0.29) is 5.43 Å². The number of para-hydroxylation sites is 1. The fraction of sp³-hybridized carbons (Fsp3) is 0.171. The summed E-state index contributed by atoms with van der Waals surface area (Å²) in [5.41, 5.74) is 8.12. The fourth-order valence-electron chi connectivity index (χ4n) is 5.84. The first-order valence-electron chi connectivity index (χ1n) is 14.0. The number of nitrogens with zero attached hydrogens (tertiary/aromatic N) is 3. The Morgan fingerprint density at radius 3 is 2.37 bits per heavy atom. The molecule has 0 spiro atoms. The second kappa shape index (κ2) is 9.59. The standard InChI is InChI=1S/C35H30N4O2/c1-20(2)23-9-6-10-24(21(3)4)34(23)39-19-28(38-35(39)26-11-5-8-22-18-36-17-16-25(22)26)27-14-15-31-33(37-27)32-29(40)12-7-13-30(32)41-31/h5-21,37H,1-4H3. The van der Waals surface area contributed by atoms with Gasteiger partial charge in [-0.1, -0.05) is 70.2 Å². The van der Waals surface area contributed by atoms with Crippen molar-refractivity contribution in [2.45, 2.75) is 39.5 Å². The number of H-pyrrole nitrogens is 1. The van der Waals surface area contributed by atoms with Crippen molar-refractivity contribution >= 4 is 32.8 Å². The van der Waals surface area contributed by atoms with E-state index in [1.54, 1.807) is 12.1 Å². The van der Waals surface area contributed by atoms with Gasteiger partial charge in [0, 0.05) is 29.5 Å². The Morgan fingerprint density at radius 2 is 1.59 bits per heavy atom. The molecule has 4 aromatic heterocycles. The van der Waals surface area contributed by atoms with E-state index in [0.717, 1.165) is 39.2 Å². The second-order valence-corrected chi connectivity index (χ2v) is 11.2. The van der Waals surface area contributed by atoms with Gasteiger partial charge in [0.15, 0.2) is 11.0 Å². The first-order valence-corrected chi connectivity index (χ1v) is 14.0. The Bertz CT molecular complexity index is 2110. The van der Waals surface area contributed by atoms with Gasteiger partial charge in [-0.15, -0.1) is 0 Å². The molecule has 1 N–H and O–H groups in total. The van der Waals surface area contributed by atoms with Crippen molar-refractivity contribution in [1.29, 1.82) is 0 Å². The lowest BCUT2D eigenvalue weighted by molar-refractivity contribution is 0.668. The zero-order valence-corrected chi connectivity index (χ0v) is 23.5. The van der Waals surface area contributed by atoms with Gasteiger partial charge in [-0.25, -0.2) is 4.98 Å². The molecule has 0 saturated heterocycles. The van der Waals surface area contributed by atoms with Gasteiger partial charge in [-0.2, -0.15) is 0 Å². The highest BCUT2D eigenvalue weighted by molar-refractivity contribution is 6.03. The average Bonchev–Trinajstić information content (AvgIpc) is 3.58. The third-order valence-electron chi connectivity index (χ3n) is 7.85. The van der Waals surface area contributed by atoms with Gasteiger partial charge in [0.2, 0.25) is 0 Å². The Hall–Kier alpha value is -4.97. The maximum Gasteiger partial charge on any atom is 0.191 e. The molecule has 0 aliphatic heterocycles. The van der Waals surface area contributed by atoms with E-state index in [1.165, 1.54) is 11.1 Å². The van der Waals surface area contributed by atoms with Crippen LogP contribution in [-0.2, 0) is 0 Å². The number of furan rings is 1. The summed E-state index contributed by atoms with van der Waals surface area (Å²) in [6.45, 7) is 8.93. The maximum absolute atomic E-state index is 12.8. The third-order valence-corrected chi connectivity index (χ3v) is 7.85. The summed E-state index contributed by atoms with van der Waals surface area (Å²) in [5, 5.41) is 2.70. The highest BCUT2D eigenvalue weighted by atomic mass is 16.3. The van der Waals surface area contributed by atoms with E-state index < -0.39 is 0 Å². The maximum atomic E-state index is 12.8. The molecule has 0 bridgehead atoms. The first kappa shape index (κ1) is 25.0. The number of benzene rings is 3. The van der Waals surface area contributed by atoms with Crippen LogP contribution >= 0.6 is 0 Å². The van der Waals surface area contributed by atoms with Crippen molar-refractivity contribution in [1.82, 2.24) is 19.5 Å². The molecule has 0 fully saturated rings. The number of aromatic amines is 1. The number of hydrogen-bond acceptors (Lipinski definition) is 4.